The fraction of sp³-hybridized carbons (Fsp3) is 0.833. The Bertz CT molecular complexity index is 298. The largest absolute Gasteiger partial charge is 0.409 e. The first kappa shape index (κ1) is 13.1. The van der Waals surface area contributed by atoms with E-state index in [0.717, 1.165) is 0 Å². The molecule has 84 valence electrons. The lowest BCUT2D eigenvalue weighted by Crippen LogP contribution is -2.50. The summed E-state index contributed by atoms with van der Waals surface area (Å²) in [6.45, 7) is 3.50. The molecule has 0 aromatic carbocycles. The van der Waals surface area contributed by atoms with Gasteiger partial charge in [-0.05, 0) is 5.92 Å². The van der Waals surface area contributed by atoms with Crippen LogP contribution in [0.15, 0.2) is 5.16 Å². The zero-order valence-electron chi connectivity index (χ0n) is 8.35. The van der Waals surface area contributed by atoms with Gasteiger partial charge in [0.2, 0.25) is 0 Å². The summed E-state index contributed by atoms with van der Waals surface area (Å²) < 4.78 is 26.6. The molecule has 1 unspecified atom stereocenters. The predicted octanol–water partition coefficient (Wildman–Crippen LogP) is -1.19. The molecule has 1 atom stereocenters. The van der Waals surface area contributed by atoms with Crippen molar-refractivity contribution in [3.8, 4) is 0 Å². The molecule has 0 saturated carbocycles. The summed E-state index contributed by atoms with van der Waals surface area (Å²) in [6, 6.07) is -0.725. The van der Waals surface area contributed by atoms with Gasteiger partial charge in [-0.15, -0.1) is 0 Å². The highest BCUT2D eigenvalue weighted by Gasteiger charge is 2.23. The van der Waals surface area contributed by atoms with E-state index in [1.54, 1.807) is 13.8 Å². The first-order valence-corrected chi connectivity index (χ1v) is 5.50. The summed E-state index contributed by atoms with van der Waals surface area (Å²) in [5, 5.41) is 11.2. The Morgan fingerprint density at radius 1 is 1.50 bits per heavy atom. The maximum Gasteiger partial charge on any atom is 0.277 e. The van der Waals surface area contributed by atoms with Gasteiger partial charge in [-0.25, -0.2) is 4.72 Å². The number of hydrogen-bond acceptors (Lipinski definition) is 4. The summed E-state index contributed by atoms with van der Waals surface area (Å²) in [7, 11) is -2.32. The van der Waals surface area contributed by atoms with Gasteiger partial charge in [0.25, 0.3) is 10.2 Å². The number of nitrogens with zero attached hydrogens (tertiary/aromatic N) is 1. The molecule has 14 heavy (non-hydrogen) atoms. The molecule has 0 radical (unpaired) electrons. The lowest BCUT2D eigenvalue weighted by atomic mass is 10.1. The minimum atomic E-state index is -3.59. The quantitative estimate of drug-likeness (QED) is 0.203. The third-order valence-electron chi connectivity index (χ3n) is 1.65. The van der Waals surface area contributed by atoms with Gasteiger partial charge in [-0.2, -0.15) is 13.1 Å². The van der Waals surface area contributed by atoms with Crippen molar-refractivity contribution in [2.24, 2.45) is 16.8 Å². The summed E-state index contributed by atoms with van der Waals surface area (Å²) >= 11 is 0. The molecular formula is C6H16N4O3S. The van der Waals surface area contributed by atoms with E-state index in [1.807, 2.05) is 0 Å². The molecule has 0 heterocycles. The molecule has 0 fully saturated rings. The van der Waals surface area contributed by atoms with Crippen LogP contribution in [0.4, 0.5) is 0 Å². The molecule has 0 spiro atoms. The number of oxime groups is 1. The van der Waals surface area contributed by atoms with Gasteiger partial charge < -0.3 is 10.9 Å². The number of nitrogens with one attached hydrogen (secondary N) is 2. The molecule has 0 rings (SSSR count). The highest BCUT2D eigenvalue weighted by molar-refractivity contribution is 7.87. The average Bonchev–Trinajstić information content (AvgIpc) is 2.13. The number of amidine groups is 1. The van der Waals surface area contributed by atoms with E-state index in [-0.39, 0.29) is 11.8 Å². The zero-order valence-corrected chi connectivity index (χ0v) is 9.17. The van der Waals surface area contributed by atoms with Crippen LogP contribution in [0.1, 0.15) is 13.8 Å². The topological polar surface area (TPSA) is 117 Å². The normalized spacial score (nSPS) is 15.9. The molecule has 0 aliphatic carbocycles. The van der Waals surface area contributed by atoms with Crippen LogP contribution in [-0.2, 0) is 10.2 Å². The molecule has 0 amide bonds. The second kappa shape index (κ2) is 5.13. The third-order valence-corrected chi connectivity index (χ3v) is 2.75. The highest BCUT2D eigenvalue weighted by atomic mass is 32.2. The molecule has 0 aliphatic rings. The fourth-order valence-electron chi connectivity index (χ4n) is 0.826. The Hall–Kier alpha value is -0.860. The smallest absolute Gasteiger partial charge is 0.277 e. The van der Waals surface area contributed by atoms with E-state index < -0.39 is 16.3 Å². The van der Waals surface area contributed by atoms with E-state index in [0.29, 0.717) is 0 Å². The Morgan fingerprint density at radius 3 is 2.29 bits per heavy atom. The van der Waals surface area contributed by atoms with Gasteiger partial charge in [-0.3, -0.25) is 0 Å². The SMILES string of the molecule is CNS(=O)(=O)NC(C(N)=NO)C(C)C. The van der Waals surface area contributed by atoms with Crippen molar-refractivity contribution in [3.63, 3.8) is 0 Å². The van der Waals surface area contributed by atoms with Crippen LogP contribution in [0.25, 0.3) is 0 Å². The molecular weight excluding hydrogens is 208 g/mol. The van der Waals surface area contributed by atoms with Gasteiger partial charge in [0.15, 0.2) is 5.84 Å². The van der Waals surface area contributed by atoms with Crippen LogP contribution in [-0.4, -0.2) is 32.6 Å². The van der Waals surface area contributed by atoms with Crippen LogP contribution < -0.4 is 15.2 Å². The second-order valence-electron chi connectivity index (χ2n) is 3.07. The Kier molecular flexibility index (Phi) is 4.81. The average molecular weight is 224 g/mol. The van der Waals surface area contributed by atoms with Crippen molar-refractivity contribution in [1.82, 2.24) is 9.44 Å². The Morgan fingerprint density at radius 2 is 2.00 bits per heavy atom. The van der Waals surface area contributed by atoms with Crippen molar-refractivity contribution in [2.45, 2.75) is 19.9 Å². The molecule has 0 aromatic rings. The minimum Gasteiger partial charge on any atom is -0.409 e. The molecule has 0 aromatic heterocycles. The van der Waals surface area contributed by atoms with Crippen molar-refractivity contribution in [1.29, 1.82) is 0 Å². The van der Waals surface area contributed by atoms with E-state index in [4.69, 9.17) is 10.9 Å². The molecule has 0 bridgehead atoms. The Labute approximate surface area is 83.5 Å². The number of nitrogens with two attached hydrogens (primary N) is 1. The predicted molar refractivity (Wildman–Crippen MR) is 53.2 cm³/mol. The van der Waals surface area contributed by atoms with E-state index in [2.05, 4.69) is 14.6 Å². The highest BCUT2D eigenvalue weighted by Crippen LogP contribution is 2.02. The maximum atomic E-state index is 11.1. The van der Waals surface area contributed by atoms with E-state index in [1.165, 1.54) is 7.05 Å². The third kappa shape index (κ3) is 3.90. The lowest BCUT2D eigenvalue weighted by molar-refractivity contribution is 0.313. The van der Waals surface area contributed by atoms with Gasteiger partial charge >= 0.3 is 0 Å². The molecule has 8 heteroatoms. The van der Waals surface area contributed by atoms with Crippen molar-refractivity contribution >= 4 is 16.0 Å². The maximum absolute atomic E-state index is 11.1. The molecule has 7 nitrogen and oxygen atoms in total. The molecule has 0 saturated heterocycles. The van der Waals surface area contributed by atoms with Crippen LogP contribution >= 0.6 is 0 Å². The van der Waals surface area contributed by atoms with Crippen LogP contribution in [0, 0.1) is 5.92 Å². The van der Waals surface area contributed by atoms with Gasteiger partial charge in [0, 0.05) is 7.05 Å². The van der Waals surface area contributed by atoms with Crippen molar-refractivity contribution < 1.29 is 13.6 Å². The van der Waals surface area contributed by atoms with Crippen molar-refractivity contribution in [3.05, 3.63) is 0 Å². The summed E-state index contributed by atoms with van der Waals surface area (Å²) in [5.74, 6) is -0.284. The van der Waals surface area contributed by atoms with E-state index in [9.17, 15) is 8.42 Å². The van der Waals surface area contributed by atoms with Crippen LogP contribution in [0.2, 0.25) is 0 Å². The summed E-state index contributed by atoms with van der Waals surface area (Å²) in [4.78, 5) is 0. The number of hydrogen-bond donors (Lipinski definition) is 4. The van der Waals surface area contributed by atoms with Crippen LogP contribution in [0.3, 0.4) is 0 Å². The number of rotatable bonds is 5. The standard InChI is InChI=1S/C6H16N4O3S/c1-4(2)5(6(7)9-11)10-14(12,13)8-3/h4-5,8,10-11H,1-3H3,(H2,7,9). The second-order valence-corrected chi connectivity index (χ2v) is 4.72. The monoisotopic (exact) mass is 224 g/mol. The minimum absolute atomic E-state index is 0.117. The summed E-state index contributed by atoms with van der Waals surface area (Å²) in [5.41, 5.74) is 5.33. The zero-order chi connectivity index (χ0) is 11.4. The van der Waals surface area contributed by atoms with Gasteiger partial charge in [-0.1, -0.05) is 19.0 Å². The van der Waals surface area contributed by atoms with Gasteiger partial charge in [0.1, 0.15) is 0 Å². The van der Waals surface area contributed by atoms with E-state index >= 15 is 0 Å². The first-order chi connectivity index (χ1) is 6.34. The lowest BCUT2D eigenvalue weighted by Gasteiger charge is -2.20. The molecule has 5 N–H and O–H groups in total. The van der Waals surface area contributed by atoms with Gasteiger partial charge in [0.05, 0.1) is 6.04 Å². The van der Waals surface area contributed by atoms with Crippen LogP contribution in [0.5, 0.6) is 0 Å². The first-order valence-electron chi connectivity index (χ1n) is 4.02. The fourth-order valence-corrected chi connectivity index (χ4v) is 1.67. The molecule has 0 aliphatic heterocycles. The Balaban J connectivity index is 4.72. The summed E-state index contributed by atoms with van der Waals surface area (Å²) in [6.07, 6.45) is 0. The van der Waals surface area contributed by atoms with Crippen molar-refractivity contribution in [2.75, 3.05) is 7.05 Å².